The van der Waals surface area contributed by atoms with E-state index in [9.17, 15) is 19.7 Å². The lowest BCUT2D eigenvalue weighted by Gasteiger charge is -2.28. The number of nitrogens with one attached hydrogen (secondary N) is 1. The molecule has 8 nitrogen and oxygen atoms in total. The topological polar surface area (TPSA) is 102 Å². The zero-order chi connectivity index (χ0) is 21.0. The van der Waals surface area contributed by atoms with Crippen molar-refractivity contribution in [3.63, 3.8) is 0 Å². The number of aryl methyl sites for hydroxylation is 1. The Morgan fingerprint density at radius 1 is 1.24 bits per heavy atom. The van der Waals surface area contributed by atoms with E-state index >= 15 is 0 Å². The minimum Gasteiger partial charge on any atom is -0.462 e. The normalized spacial score (nSPS) is 13.8. The number of nitro benzene ring substituents is 1. The molecule has 29 heavy (non-hydrogen) atoms. The molecule has 2 heterocycles. The molecule has 1 aliphatic heterocycles. The molecule has 0 unspecified atom stereocenters. The van der Waals surface area contributed by atoms with Crippen LogP contribution in [-0.4, -0.2) is 36.5 Å². The number of nitrogens with zero attached hydrogens (tertiary/aromatic N) is 2. The monoisotopic (exact) mass is 417 g/mol. The van der Waals surface area contributed by atoms with Crippen molar-refractivity contribution in [2.45, 2.75) is 33.1 Å². The zero-order valence-electron chi connectivity index (χ0n) is 16.4. The molecule has 0 radical (unpaired) electrons. The van der Waals surface area contributed by atoms with Crippen LogP contribution in [0.3, 0.4) is 0 Å². The maximum atomic E-state index is 12.6. The van der Waals surface area contributed by atoms with Crippen molar-refractivity contribution in [1.29, 1.82) is 0 Å². The molecular weight excluding hydrogens is 394 g/mol. The Morgan fingerprint density at radius 3 is 2.62 bits per heavy atom. The third kappa shape index (κ3) is 4.73. The van der Waals surface area contributed by atoms with E-state index in [4.69, 9.17) is 4.74 Å². The van der Waals surface area contributed by atoms with Crippen molar-refractivity contribution in [2.75, 3.05) is 29.9 Å². The van der Waals surface area contributed by atoms with Gasteiger partial charge in [0.05, 0.1) is 16.5 Å². The van der Waals surface area contributed by atoms with E-state index in [0.29, 0.717) is 21.1 Å². The summed E-state index contributed by atoms with van der Waals surface area (Å²) in [5.41, 5.74) is 1.37. The molecule has 1 fully saturated rings. The molecule has 0 spiro atoms. The number of hydrogen-bond acceptors (Lipinski definition) is 7. The molecule has 1 amide bonds. The fourth-order valence-electron chi connectivity index (χ4n) is 3.34. The van der Waals surface area contributed by atoms with Crippen LogP contribution in [0.4, 0.5) is 16.4 Å². The van der Waals surface area contributed by atoms with Crippen molar-refractivity contribution in [2.24, 2.45) is 0 Å². The third-order valence-corrected chi connectivity index (χ3v) is 5.88. The fraction of sp³-hybridized carbons (Fsp3) is 0.400. The Hall–Kier alpha value is -2.94. The summed E-state index contributed by atoms with van der Waals surface area (Å²) >= 11 is 1.12. The molecule has 1 aliphatic rings. The molecule has 0 atom stereocenters. The number of esters is 1. The predicted molar refractivity (Wildman–Crippen MR) is 112 cm³/mol. The number of carbonyl (C=O) groups excluding carboxylic acids is 2. The second-order valence-corrected chi connectivity index (χ2v) is 7.86. The predicted octanol–water partition coefficient (Wildman–Crippen LogP) is 4.38. The number of anilines is 2. The maximum absolute atomic E-state index is 12.6. The van der Waals surface area contributed by atoms with E-state index in [0.717, 1.165) is 43.7 Å². The highest BCUT2D eigenvalue weighted by atomic mass is 32.1. The summed E-state index contributed by atoms with van der Waals surface area (Å²) in [5, 5.41) is 14.8. The highest BCUT2D eigenvalue weighted by molar-refractivity contribution is 7.18. The molecule has 0 bridgehead atoms. The number of hydrogen-bond donors (Lipinski definition) is 1. The largest absolute Gasteiger partial charge is 0.462 e. The van der Waals surface area contributed by atoms with Gasteiger partial charge in [0.15, 0.2) is 0 Å². The van der Waals surface area contributed by atoms with Gasteiger partial charge in [-0.05, 0) is 56.9 Å². The Balaban J connectivity index is 1.80. The van der Waals surface area contributed by atoms with Crippen LogP contribution in [0.25, 0.3) is 0 Å². The lowest BCUT2D eigenvalue weighted by atomic mass is 10.1. The van der Waals surface area contributed by atoms with Crippen molar-refractivity contribution in [3.8, 4) is 0 Å². The fourth-order valence-corrected chi connectivity index (χ4v) is 4.30. The summed E-state index contributed by atoms with van der Waals surface area (Å²) in [5.74, 6) is -0.896. The van der Waals surface area contributed by atoms with Gasteiger partial charge in [0, 0.05) is 24.7 Å². The highest BCUT2D eigenvalue weighted by Gasteiger charge is 2.23. The number of rotatable bonds is 6. The van der Waals surface area contributed by atoms with Crippen LogP contribution in [0.5, 0.6) is 0 Å². The Morgan fingerprint density at radius 2 is 1.97 bits per heavy atom. The third-order valence-electron chi connectivity index (χ3n) is 4.75. The second kappa shape index (κ2) is 9.04. The molecule has 1 aromatic heterocycles. The average molecular weight is 417 g/mol. The van der Waals surface area contributed by atoms with Gasteiger partial charge in [-0.25, -0.2) is 4.79 Å². The SMILES string of the molecule is CCOC(=O)c1sc(NC(=O)c2ccc(N3CCCCC3)c([N+](=O)[O-])c2)cc1C. The van der Waals surface area contributed by atoms with Crippen molar-refractivity contribution in [1.82, 2.24) is 0 Å². The number of carbonyl (C=O) groups is 2. The highest BCUT2D eigenvalue weighted by Crippen LogP contribution is 2.32. The number of benzene rings is 1. The quantitative estimate of drug-likeness (QED) is 0.425. The van der Waals surface area contributed by atoms with E-state index in [1.807, 2.05) is 4.90 Å². The van der Waals surface area contributed by atoms with Crippen LogP contribution in [0.1, 0.15) is 51.8 Å². The summed E-state index contributed by atoms with van der Waals surface area (Å²) < 4.78 is 5.00. The molecule has 154 valence electrons. The molecule has 9 heteroatoms. The first kappa shape index (κ1) is 20.8. The number of piperidine rings is 1. The van der Waals surface area contributed by atoms with Gasteiger partial charge in [-0.2, -0.15) is 0 Å². The van der Waals surface area contributed by atoms with E-state index in [2.05, 4.69) is 5.32 Å². The average Bonchev–Trinajstić information content (AvgIpc) is 3.08. The lowest BCUT2D eigenvalue weighted by molar-refractivity contribution is -0.384. The van der Waals surface area contributed by atoms with E-state index in [-0.39, 0.29) is 17.9 Å². The van der Waals surface area contributed by atoms with Gasteiger partial charge in [-0.3, -0.25) is 14.9 Å². The first-order valence-corrected chi connectivity index (χ1v) is 10.3. The van der Waals surface area contributed by atoms with E-state index < -0.39 is 16.8 Å². The zero-order valence-corrected chi connectivity index (χ0v) is 17.2. The van der Waals surface area contributed by atoms with Crippen molar-refractivity contribution in [3.05, 3.63) is 50.4 Å². The van der Waals surface area contributed by atoms with Gasteiger partial charge in [-0.1, -0.05) is 0 Å². The Kier molecular flexibility index (Phi) is 6.48. The van der Waals surface area contributed by atoms with Crippen LogP contribution in [-0.2, 0) is 4.74 Å². The van der Waals surface area contributed by atoms with Gasteiger partial charge in [-0.15, -0.1) is 11.3 Å². The van der Waals surface area contributed by atoms with Crippen LogP contribution < -0.4 is 10.2 Å². The van der Waals surface area contributed by atoms with Crippen LogP contribution in [0.2, 0.25) is 0 Å². The number of thiophene rings is 1. The molecule has 2 aromatic rings. The smallest absolute Gasteiger partial charge is 0.348 e. The number of ether oxygens (including phenoxy) is 1. The van der Waals surface area contributed by atoms with Crippen LogP contribution in [0.15, 0.2) is 24.3 Å². The van der Waals surface area contributed by atoms with Gasteiger partial charge < -0.3 is 15.0 Å². The molecule has 1 N–H and O–H groups in total. The summed E-state index contributed by atoms with van der Waals surface area (Å²) in [6, 6.07) is 6.23. The Labute approximate surface area is 172 Å². The summed E-state index contributed by atoms with van der Waals surface area (Å²) in [6.07, 6.45) is 3.12. The second-order valence-electron chi connectivity index (χ2n) is 6.81. The van der Waals surface area contributed by atoms with E-state index in [1.165, 1.54) is 6.07 Å². The first-order chi connectivity index (χ1) is 13.9. The van der Waals surface area contributed by atoms with Crippen LogP contribution in [0, 0.1) is 17.0 Å². The standard InChI is InChI=1S/C20H23N3O5S/c1-3-28-20(25)18-13(2)11-17(29-18)21-19(24)14-7-8-15(16(12-14)23(26)27)22-9-5-4-6-10-22/h7-8,11-12H,3-6,9-10H2,1-2H3,(H,21,24). The first-order valence-electron chi connectivity index (χ1n) is 9.53. The summed E-state index contributed by atoms with van der Waals surface area (Å²) in [6.45, 7) is 5.31. The number of amides is 1. The van der Waals surface area contributed by atoms with Gasteiger partial charge >= 0.3 is 5.97 Å². The molecule has 0 saturated carbocycles. The Bertz CT molecular complexity index is 934. The molecule has 1 aromatic carbocycles. The van der Waals surface area contributed by atoms with Crippen molar-refractivity contribution < 1.29 is 19.2 Å². The molecule has 1 saturated heterocycles. The maximum Gasteiger partial charge on any atom is 0.348 e. The molecule has 3 rings (SSSR count). The minimum absolute atomic E-state index is 0.0749. The van der Waals surface area contributed by atoms with Gasteiger partial charge in [0.1, 0.15) is 10.6 Å². The van der Waals surface area contributed by atoms with Crippen LogP contribution >= 0.6 is 11.3 Å². The van der Waals surface area contributed by atoms with E-state index in [1.54, 1.807) is 32.0 Å². The molecule has 0 aliphatic carbocycles. The minimum atomic E-state index is -0.463. The number of nitro groups is 1. The van der Waals surface area contributed by atoms with Gasteiger partial charge in [0.2, 0.25) is 0 Å². The van der Waals surface area contributed by atoms with Crippen molar-refractivity contribution >= 4 is 39.6 Å². The van der Waals surface area contributed by atoms with Gasteiger partial charge in [0.25, 0.3) is 11.6 Å². The summed E-state index contributed by atoms with van der Waals surface area (Å²) in [4.78, 5) is 38.1. The summed E-state index contributed by atoms with van der Waals surface area (Å²) in [7, 11) is 0. The molecular formula is C20H23N3O5S. The lowest BCUT2D eigenvalue weighted by Crippen LogP contribution is -2.30.